The minimum Gasteiger partial charge on any atom is -0.333 e. The molecule has 0 aliphatic heterocycles. The van der Waals surface area contributed by atoms with Crippen LogP contribution in [0.4, 0.5) is 0 Å². The van der Waals surface area contributed by atoms with Gasteiger partial charge in [0.2, 0.25) is 11.1 Å². The predicted octanol–water partition coefficient (Wildman–Crippen LogP) is 4.08. The van der Waals surface area contributed by atoms with E-state index in [2.05, 4.69) is 15.2 Å². The number of benzene rings is 2. The molecule has 0 bridgehead atoms. The van der Waals surface area contributed by atoms with E-state index in [4.69, 9.17) is 0 Å². The summed E-state index contributed by atoms with van der Waals surface area (Å²) in [6.07, 6.45) is 0.796. The van der Waals surface area contributed by atoms with E-state index in [-0.39, 0.29) is 11.2 Å². The lowest BCUT2D eigenvalue weighted by molar-refractivity contribution is -0.131. The van der Waals surface area contributed by atoms with Gasteiger partial charge in [0.1, 0.15) is 5.82 Å². The molecule has 5 nitrogen and oxygen atoms in total. The lowest BCUT2D eigenvalue weighted by atomic mass is 10.1. The van der Waals surface area contributed by atoms with Crippen molar-refractivity contribution in [3.63, 3.8) is 0 Å². The fourth-order valence-corrected chi connectivity index (χ4v) is 3.60. The number of amides is 1. The van der Waals surface area contributed by atoms with Crippen molar-refractivity contribution in [2.75, 3.05) is 0 Å². The number of carbonyl (C=O) groups is 1. The van der Waals surface area contributed by atoms with Crippen LogP contribution in [0, 0.1) is 0 Å². The molecule has 6 heteroatoms. The van der Waals surface area contributed by atoms with Crippen LogP contribution < -0.4 is 0 Å². The second kappa shape index (κ2) is 9.37. The molecule has 1 atom stereocenters. The number of aryl methyl sites for hydroxylation is 1. The minimum absolute atomic E-state index is 0.0792. The Morgan fingerprint density at radius 1 is 1.04 bits per heavy atom. The molecule has 2 aromatic carbocycles. The SMILES string of the molecule is CCc1nc(SC(C)C(=O)N(Cc2ccccc2)Cc2ccccc2)n[nH]1. The summed E-state index contributed by atoms with van der Waals surface area (Å²) in [7, 11) is 0. The first kappa shape index (κ1) is 19.2. The predicted molar refractivity (Wildman–Crippen MR) is 108 cm³/mol. The Bertz CT molecular complexity index is 809. The van der Waals surface area contributed by atoms with Gasteiger partial charge in [-0.05, 0) is 18.1 Å². The van der Waals surface area contributed by atoms with Gasteiger partial charge in [-0.2, -0.15) is 0 Å². The highest BCUT2D eigenvalue weighted by molar-refractivity contribution is 8.00. The van der Waals surface area contributed by atoms with Crippen LogP contribution in [0.25, 0.3) is 0 Å². The van der Waals surface area contributed by atoms with Crippen LogP contribution in [0.1, 0.15) is 30.8 Å². The summed E-state index contributed by atoms with van der Waals surface area (Å²) in [5.74, 6) is 0.915. The van der Waals surface area contributed by atoms with Gasteiger partial charge < -0.3 is 4.90 Å². The Kier molecular flexibility index (Phi) is 6.65. The molecule has 1 N–H and O–H groups in total. The van der Waals surface area contributed by atoms with Gasteiger partial charge in [-0.15, -0.1) is 5.10 Å². The summed E-state index contributed by atoms with van der Waals surface area (Å²) in [6, 6.07) is 20.2. The molecule has 3 aromatic rings. The first-order valence-electron chi connectivity index (χ1n) is 9.10. The Hall–Kier alpha value is -2.60. The normalized spacial score (nSPS) is 11.9. The Morgan fingerprint density at radius 2 is 1.59 bits per heavy atom. The van der Waals surface area contributed by atoms with E-state index in [1.165, 1.54) is 11.8 Å². The van der Waals surface area contributed by atoms with Crippen LogP contribution in [-0.2, 0) is 24.3 Å². The third kappa shape index (κ3) is 5.44. The third-order valence-electron chi connectivity index (χ3n) is 4.22. The van der Waals surface area contributed by atoms with Crippen molar-refractivity contribution in [1.82, 2.24) is 20.1 Å². The molecule has 0 fully saturated rings. The number of aromatic amines is 1. The lowest BCUT2D eigenvalue weighted by Crippen LogP contribution is -2.35. The summed E-state index contributed by atoms with van der Waals surface area (Å²) >= 11 is 1.39. The van der Waals surface area contributed by atoms with Crippen molar-refractivity contribution in [2.24, 2.45) is 0 Å². The molecular formula is C21H24N4OS. The van der Waals surface area contributed by atoms with Crippen molar-refractivity contribution >= 4 is 17.7 Å². The fourth-order valence-electron chi connectivity index (χ4n) is 2.77. The highest BCUT2D eigenvalue weighted by Crippen LogP contribution is 2.23. The van der Waals surface area contributed by atoms with Crippen LogP contribution in [-0.4, -0.2) is 31.2 Å². The zero-order valence-corrected chi connectivity index (χ0v) is 16.4. The molecule has 0 aliphatic rings. The average Bonchev–Trinajstić information content (AvgIpc) is 3.16. The van der Waals surface area contributed by atoms with Gasteiger partial charge in [0, 0.05) is 19.5 Å². The van der Waals surface area contributed by atoms with Gasteiger partial charge in [0.15, 0.2) is 0 Å². The van der Waals surface area contributed by atoms with Gasteiger partial charge in [-0.1, -0.05) is 79.3 Å². The molecule has 0 spiro atoms. The summed E-state index contributed by atoms with van der Waals surface area (Å²) in [4.78, 5) is 19.5. The largest absolute Gasteiger partial charge is 0.333 e. The smallest absolute Gasteiger partial charge is 0.236 e. The first-order valence-corrected chi connectivity index (χ1v) is 9.98. The number of carbonyl (C=O) groups excluding carboxylic acids is 1. The maximum Gasteiger partial charge on any atom is 0.236 e. The maximum atomic E-state index is 13.2. The maximum absolute atomic E-state index is 13.2. The van der Waals surface area contributed by atoms with E-state index in [1.807, 2.05) is 79.4 Å². The highest BCUT2D eigenvalue weighted by atomic mass is 32.2. The van der Waals surface area contributed by atoms with Crippen molar-refractivity contribution in [2.45, 2.75) is 43.8 Å². The molecule has 140 valence electrons. The number of aromatic nitrogens is 3. The molecule has 0 radical (unpaired) electrons. The number of nitrogens with zero attached hydrogens (tertiary/aromatic N) is 3. The number of rotatable bonds is 8. The Balaban J connectivity index is 1.74. The highest BCUT2D eigenvalue weighted by Gasteiger charge is 2.23. The molecule has 27 heavy (non-hydrogen) atoms. The van der Waals surface area contributed by atoms with Crippen molar-refractivity contribution in [3.05, 3.63) is 77.6 Å². The molecule has 1 aromatic heterocycles. The summed E-state index contributed by atoms with van der Waals surface area (Å²) in [6.45, 7) is 5.09. The standard InChI is InChI=1S/C21H24N4OS/c1-3-19-22-21(24-23-19)27-16(2)20(26)25(14-17-10-6-4-7-11-17)15-18-12-8-5-9-13-18/h4-13,16H,3,14-15H2,1-2H3,(H,22,23,24). The zero-order valence-electron chi connectivity index (χ0n) is 15.6. The monoisotopic (exact) mass is 380 g/mol. The van der Waals surface area contributed by atoms with Crippen LogP contribution >= 0.6 is 11.8 Å². The van der Waals surface area contributed by atoms with E-state index >= 15 is 0 Å². The first-order chi connectivity index (χ1) is 13.2. The molecule has 1 amide bonds. The van der Waals surface area contributed by atoms with Crippen LogP contribution in [0.15, 0.2) is 65.8 Å². The van der Waals surface area contributed by atoms with Crippen molar-refractivity contribution in [3.8, 4) is 0 Å². The zero-order chi connectivity index (χ0) is 19.1. The average molecular weight is 381 g/mol. The second-order valence-corrected chi connectivity index (χ2v) is 7.65. The molecule has 1 unspecified atom stereocenters. The van der Waals surface area contributed by atoms with Crippen LogP contribution in [0.5, 0.6) is 0 Å². The lowest BCUT2D eigenvalue weighted by Gasteiger charge is -2.25. The van der Waals surface area contributed by atoms with Crippen molar-refractivity contribution < 1.29 is 4.79 Å². The topological polar surface area (TPSA) is 61.9 Å². The Morgan fingerprint density at radius 3 is 2.07 bits per heavy atom. The van der Waals surface area contributed by atoms with Crippen LogP contribution in [0.2, 0.25) is 0 Å². The minimum atomic E-state index is -0.266. The third-order valence-corrected chi connectivity index (χ3v) is 5.17. The van der Waals surface area contributed by atoms with E-state index in [1.54, 1.807) is 0 Å². The molecule has 0 aliphatic carbocycles. The van der Waals surface area contributed by atoms with E-state index in [9.17, 15) is 4.79 Å². The summed E-state index contributed by atoms with van der Waals surface area (Å²) in [5, 5.41) is 7.45. The van der Waals surface area contributed by atoms with Crippen LogP contribution in [0.3, 0.4) is 0 Å². The van der Waals surface area contributed by atoms with Gasteiger partial charge in [0.05, 0.1) is 5.25 Å². The van der Waals surface area contributed by atoms with E-state index in [0.717, 1.165) is 23.4 Å². The number of nitrogens with one attached hydrogen (secondary N) is 1. The number of hydrogen-bond donors (Lipinski definition) is 1. The van der Waals surface area contributed by atoms with Gasteiger partial charge >= 0.3 is 0 Å². The molecule has 0 saturated heterocycles. The van der Waals surface area contributed by atoms with Crippen molar-refractivity contribution in [1.29, 1.82) is 0 Å². The quantitative estimate of drug-likeness (QED) is 0.598. The molecule has 1 heterocycles. The summed E-state index contributed by atoms with van der Waals surface area (Å²) < 4.78 is 0. The number of hydrogen-bond acceptors (Lipinski definition) is 4. The molecule has 0 saturated carbocycles. The molecule has 3 rings (SSSR count). The van der Waals surface area contributed by atoms with E-state index < -0.39 is 0 Å². The number of H-pyrrole nitrogens is 1. The van der Waals surface area contributed by atoms with Gasteiger partial charge in [-0.3, -0.25) is 9.89 Å². The van der Waals surface area contributed by atoms with Gasteiger partial charge in [-0.25, -0.2) is 4.98 Å². The van der Waals surface area contributed by atoms with Gasteiger partial charge in [0.25, 0.3) is 0 Å². The number of thioether (sulfide) groups is 1. The van der Waals surface area contributed by atoms with E-state index in [0.29, 0.717) is 18.2 Å². The molecular weight excluding hydrogens is 356 g/mol. The summed E-state index contributed by atoms with van der Waals surface area (Å²) in [5.41, 5.74) is 2.23. The fraction of sp³-hybridized carbons (Fsp3) is 0.286. The second-order valence-electron chi connectivity index (χ2n) is 6.34. The Labute approximate surface area is 164 Å².